The van der Waals surface area contributed by atoms with E-state index in [0.717, 1.165) is 34.7 Å². The molecule has 1 atom stereocenters. The molecule has 1 N–H and O–H groups in total. The van der Waals surface area contributed by atoms with Gasteiger partial charge in [-0.3, -0.25) is 0 Å². The Hall–Kier alpha value is -2.07. The molecular weight excluding hydrogens is 252 g/mol. The highest BCUT2D eigenvalue weighted by molar-refractivity contribution is 5.82. The molecule has 4 heteroatoms. The van der Waals surface area contributed by atoms with E-state index in [1.807, 2.05) is 42.0 Å². The molecule has 3 aromatic rings. The zero-order chi connectivity index (χ0) is 14.1. The quantitative estimate of drug-likeness (QED) is 0.791. The summed E-state index contributed by atoms with van der Waals surface area (Å²) < 4.78 is 7.75. The van der Waals surface area contributed by atoms with Crippen LogP contribution in [0.5, 0.6) is 0 Å². The lowest BCUT2D eigenvalue weighted by Crippen LogP contribution is -2.08. The van der Waals surface area contributed by atoms with Crippen molar-refractivity contribution in [3.05, 3.63) is 53.8 Å². The molecule has 0 aliphatic carbocycles. The third kappa shape index (κ3) is 2.12. The number of hydrogen-bond acceptors (Lipinski definition) is 3. The second-order valence-electron chi connectivity index (χ2n) is 4.92. The number of nitrogens with zero attached hydrogens (tertiary/aromatic N) is 2. The van der Waals surface area contributed by atoms with Crippen molar-refractivity contribution in [2.45, 2.75) is 32.9 Å². The Morgan fingerprint density at radius 1 is 1.35 bits per heavy atom. The Balaban J connectivity index is 1.96. The number of furan rings is 1. The number of aromatic nitrogens is 2. The Bertz CT molecular complexity index is 727. The van der Waals surface area contributed by atoms with Gasteiger partial charge in [-0.05, 0) is 19.9 Å². The standard InChI is InChI=1S/C16H18N2O2/c1-3-18-9-8-17-15(18)10-13(19)16-11(2)20-14-7-5-4-6-12(14)16/h4-9,13,19H,3,10H2,1-2H3. The zero-order valence-electron chi connectivity index (χ0n) is 11.7. The predicted molar refractivity (Wildman–Crippen MR) is 77.5 cm³/mol. The number of rotatable bonds is 4. The van der Waals surface area contributed by atoms with Crippen molar-refractivity contribution in [2.75, 3.05) is 0 Å². The van der Waals surface area contributed by atoms with Crippen LogP contribution in [0.4, 0.5) is 0 Å². The fourth-order valence-corrected chi connectivity index (χ4v) is 2.69. The van der Waals surface area contributed by atoms with Crippen LogP contribution in [0.15, 0.2) is 41.1 Å². The average molecular weight is 270 g/mol. The lowest BCUT2D eigenvalue weighted by atomic mass is 10.0. The van der Waals surface area contributed by atoms with Crippen molar-refractivity contribution in [3.8, 4) is 0 Å². The molecule has 1 unspecified atom stereocenters. The van der Waals surface area contributed by atoms with Crippen molar-refractivity contribution >= 4 is 11.0 Å². The number of fused-ring (bicyclic) bond motifs is 1. The van der Waals surface area contributed by atoms with Crippen LogP contribution >= 0.6 is 0 Å². The first-order valence-corrected chi connectivity index (χ1v) is 6.86. The molecule has 0 saturated carbocycles. The summed E-state index contributed by atoms with van der Waals surface area (Å²) in [7, 11) is 0. The Morgan fingerprint density at radius 3 is 2.95 bits per heavy atom. The highest BCUT2D eigenvalue weighted by Gasteiger charge is 2.20. The summed E-state index contributed by atoms with van der Waals surface area (Å²) >= 11 is 0. The summed E-state index contributed by atoms with van der Waals surface area (Å²) in [6.45, 7) is 4.81. The van der Waals surface area contributed by atoms with E-state index in [1.54, 1.807) is 6.20 Å². The molecule has 4 nitrogen and oxygen atoms in total. The van der Waals surface area contributed by atoms with Gasteiger partial charge in [0.15, 0.2) is 0 Å². The molecule has 0 aliphatic rings. The van der Waals surface area contributed by atoms with Gasteiger partial charge in [-0.1, -0.05) is 18.2 Å². The minimum Gasteiger partial charge on any atom is -0.461 e. The van der Waals surface area contributed by atoms with Crippen LogP contribution in [0.25, 0.3) is 11.0 Å². The van der Waals surface area contributed by atoms with E-state index < -0.39 is 6.10 Å². The lowest BCUT2D eigenvalue weighted by Gasteiger charge is -2.11. The highest BCUT2D eigenvalue weighted by Crippen LogP contribution is 2.31. The summed E-state index contributed by atoms with van der Waals surface area (Å²) in [4.78, 5) is 4.32. The molecule has 0 aliphatic heterocycles. The second-order valence-corrected chi connectivity index (χ2v) is 4.92. The van der Waals surface area contributed by atoms with Gasteiger partial charge in [0.2, 0.25) is 0 Å². The molecule has 2 heterocycles. The molecule has 3 rings (SSSR count). The normalized spacial score (nSPS) is 12.9. The molecule has 0 amide bonds. The zero-order valence-corrected chi connectivity index (χ0v) is 11.7. The maximum Gasteiger partial charge on any atom is 0.134 e. The molecule has 0 spiro atoms. The van der Waals surface area contributed by atoms with Gasteiger partial charge in [-0.25, -0.2) is 4.98 Å². The summed E-state index contributed by atoms with van der Waals surface area (Å²) in [5, 5.41) is 11.5. The Morgan fingerprint density at radius 2 is 2.15 bits per heavy atom. The van der Waals surface area contributed by atoms with Crippen LogP contribution in [-0.2, 0) is 13.0 Å². The molecule has 0 radical (unpaired) electrons. The van der Waals surface area contributed by atoms with Gasteiger partial charge in [-0.2, -0.15) is 0 Å². The summed E-state index contributed by atoms with van der Waals surface area (Å²) in [5.74, 6) is 1.66. The van der Waals surface area contributed by atoms with Crippen LogP contribution in [-0.4, -0.2) is 14.7 Å². The van der Waals surface area contributed by atoms with Crippen LogP contribution in [0.1, 0.15) is 30.2 Å². The molecular formula is C16H18N2O2. The van der Waals surface area contributed by atoms with E-state index >= 15 is 0 Å². The SMILES string of the molecule is CCn1ccnc1CC(O)c1c(C)oc2ccccc12. The van der Waals surface area contributed by atoms with Gasteiger partial charge in [-0.15, -0.1) is 0 Å². The van der Waals surface area contributed by atoms with Crippen molar-refractivity contribution in [3.63, 3.8) is 0 Å². The Labute approximate surface area is 117 Å². The molecule has 0 bridgehead atoms. The van der Waals surface area contributed by atoms with Crippen molar-refractivity contribution < 1.29 is 9.52 Å². The number of aliphatic hydroxyl groups is 1. The van der Waals surface area contributed by atoms with Crippen LogP contribution in [0, 0.1) is 6.92 Å². The van der Waals surface area contributed by atoms with E-state index in [-0.39, 0.29) is 0 Å². The van der Waals surface area contributed by atoms with E-state index in [2.05, 4.69) is 11.9 Å². The van der Waals surface area contributed by atoms with Crippen molar-refractivity contribution in [1.82, 2.24) is 9.55 Å². The summed E-state index contributed by atoms with van der Waals surface area (Å²) in [6.07, 6.45) is 3.59. The van der Waals surface area contributed by atoms with E-state index in [4.69, 9.17) is 4.42 Å². The van der Waals surface area contributed by atoms with Gasteiger partial charge < -0.3 is 14.1 Å². The lowest BCUT2D eigenvalue weighted by molar-refractivity contribution is 0.174. The first-order chi connectivity index (χ1) is 9.70. The molecule has 0 saturated heterocycles. The van der Waals surface area contributed by atoms with E-state index in [1.165, 1.54) is 0 Å². The number of hydrogen-bond donors (Lipinski definition) is 1. The first-order valence-electron chi connectivity index (χ1n) is 6.86. The smallest absolute Gasteiger partial charge is 0.134 e. The van der Waals surface area contributed by atoms with Crippen molar-refractivity contribution in [2.24, 2.45) is 0 Å². The monoisotopic (exact) mass is 270 g/mol. The number of aliphatic hydroxyl groups excluding tert-OH is 1. The molecule has 1 aromatic carbocycles. The third-order valence-corrected chi connectivity index (χ3v) is 3.67. The predicted octanol–water partition coefficient (Wildman–Crippen LogP) is 3.23. The highest BCUT2D eigenvalue weighted by atomic mass is 16.3. The number of aryl methyl sites for hydroxylation is 2. The van der Waals surface area contributed by atoms with Gasteiger partial charge in [0.1, 0.15) is 17.2 Å². The van der Waals surface area contributed by atoms with Gasteiger partial charge in [0.25, 0.3) is 0 Å². The Kier molecular flexibility index (Phi) is 3.32. The fourth-order valence-electron chi connectivity index (χ4n) is 2.69. The van der Waals surface area contributed by atoms with Crippen LogP contribution < -0.4 is 0 Å². The van der Waals surface area contributed by atoms with Crippen molar-refractivity contribution in [1.29, 1.82) is 0 Å². The molecule has 2 aromatic heterocycles. The second kappa shape index (κ2) is 5.13. The van der Waals surface area contributed by atoms with Gasteiger partial charge >= 0.3 is 0 Å². The summed E-state index contributed by atoms with van der Waals surface area (Å²) in [6, 6.07) is 7.80. The van der Waals surface area contributed by atoms with Gasteiger partial charge in [0.05, 0.1) is 6.10 Å². The minimum absolute atomic E-state index is 0.491. The molecule has 20 heavy (non-hydrogen) atoms. The maximum atomic E-state index is 10.6. The number of imidazole rings is 1. The van der Waals surface area contributed by atoms with Gasteiger partial charge in [0, 0.05) is 36.3 Å². The number of para-hydroxylation sites is 1. The van der Waals surface area contributed by atoms with Crippen LogP contribution in [0.2, 0.25) is 0 Å². The fraction of sp³-hybridized carbons (Fsp3) is 0.312. The van der Waals surface area contributed by atoms with E-state index in [9.17, 15) is 5.11 Å². The molecule has 104 valence electrons. The third-order valence-electron chi connectivity index (χ3n) is 3.67. The maximum absolute atomic E-state index is 10.6. The van der Waals surface area contributed by atoms with Crippen LogP contribution in [0.3, 0.4) is 0 Å². The topological polar surface area (TPSA) is 51.2 Å². The minimum atomic E-state index is -0.605. The summed E-state index contributed by atoms with van der Waals surface area (Å²) in [5.41, 5.74) is 1.68. The average Bonchev–Trinajstić information content (AvgIpc) is 3.01. The molecule has 0 fully saturated rings. The number of benzene rings is 1. The first kappa shape index (κ1) is 12.9. The van der Waals surface area contributed by atoms with E-state index in [0.29, 0.717) is 6.42 Å². The largest absolute Gasteiger partial charge is 0.461 e.